The number of aliphatic imine (C=N–C) groups is 1. The van der Waals surface area contributed by atoms with E-state index >= 15 is 0 Å². The second-order valence-electron chi connectivity index (χ2n) is 6.35. The molecule has 1 aromatic heterocycles. The summed E-state index contributed by atoms with van der Waals surface area (Å²) in [6.07, 6.45) is 2.99. The Morgan fingerprint density at radius 2 is 1.90 bits per heavy atom. The molecule has 2 N–H and O–H groups in total. The van der Waals surface area contributed by atoms with Gasteiger partial charge in [0.2, 0.25) is 5.91 Å². The van der Waals surface area contributed by atoms with Crippen LogP contribution >= 0.6 is 24.0 Å². The molecule has 158 valence electrons. The molecule has 0 unspecified atom stereocenters. The highest BCUT2D eigenvalue weighted by atomic mass is 127. The average molecular weight is 513 g/mol. The van der Waals surface area contributed by atoms with Crippen LogP contribution < -0.4 is 10.6 Å². The number of aromatic nitrogens is 1. The third-order valence-electron chi connectivity index (χ3n) is 4.22. The van der Waals surface area contributed by atoms with Crippen LogP contribution in [0, 0.1) is 5.82 Å². The van der Waals surface area contributed by atoms with E-state index in [9.17, 15) is 9.18 Å². The van der Waals surface area contributed by atoms with Gasteiger partial charge in [0.05, 0.1) is 0 Å². The predicted molar refractivity (Wildman–Crippen MR) is 125 cm³/mol. The first-order valence-corrected chi connectivity index (χ1v) is 9.49. The predicted octanol–water partition coefficient (Wildman–Crippen LogP) is 2.64. The van der Waals surface area contributed by atoms with Gasteiger partial charge in [-0.15, -0.1) is 24.0 Å². The first kappa shape index (κ1) is 24.8. The summed E-state index contributed by atoms with van der Waals surface area (Å²) in [5.74, 6) is 0.267. The standard InChI is InChI=1S/C21H28FN5O.HI/c1-3-23-21(25-14-11-17-8-4-5-10-19(17)22)26-16-20(28)27(2)15-12-18-9-6-7-13-24-18;/h4-10,13H,3,11-12,14-16H2,1-2H3,(H2,23,25,26);1H. The van der Waals surface area contributed by atoms with Gasteiger partial charge in [0, 0.05) is 45.0 Å². The average Bonchev–Trinajstić information content (AvgIpc) is 2.72. The van der Waals surface area contributed by atoms with E-state index in [1.807, 2.05) is 31.2 Å². The van der Waals surface area contributed by atoms with Gasteiger partial charge >= 0.3 is 0 Å². The molecule has 0 atom stereocenters. The van der Waals surface area contributed by atoms with Crippen LogP contribution in [0.4, 0.5) is 4.39 Å². The molecule has 6 nitrogen and oxygen atoms in total. The molecular weight excluding hydrogens is 484 g/mol. The normalized spacial score (nSPS) is 10.8. The van der Waals surface area contributed by atoms with Crippen LogP contribution in [0.25, 0.3) is 0 Å². The molecule has 0 spiro atoms. The van der Waals surface area contributed by atoms with E-state index in [0.717, 1.165) is 5.69 Å². The molecule has 0 fully saturated rings. The second-order valence-corrected chi connectivity index (χ2v) is 6.35. The molecule has 0 aliphatic heterocycles. The lowest BCUT2D eigenvalue weighted by atomic mass is 10.1. The number of pyridine rings is 1. The third-order valence-corrected chi connectivity index (χ3v) is 4.22. The van der Waals surface area contributed by atoms with Gasteiger partial charge in [-0.25, -0.2) is 9.38 Å². The zero-order valence-electron chi connectivity index (χ0n) is 16.9. The fourth-order valence-electron chi connectivity index (χ4n) is 2.58. The highest BCUT2D eigenvalue weighted by Gasteiger charge is 2.09. The molecule has 2 rings (SSSR count). The number of nitrogens with one attached hydrogen (secondary N) is 2. The van der Waals surface area contributed by atoms with Crippen LogP contribution in [0.15, 0.2) is 53.7 Å². The highest BCUT2D eigenvalue weighted by molar-refractivity contribution is 14.0. The summed E-state index contributed by atoms with van der Waals surface area (Å²) in [4.78, 5) is 22.6. The third kappa shape index (κ3) is 9.21. The summed E-state index contributed by atoms with van der Waals surface area (Å²) in [7, 11) is 1.76. The molecule has 0 aliphatic carbocycles. The van der Waals surface area contributed by atoms with Crippen molar-refractivity contribution in [1.29, 1.82) is 0 Å². The van der Waals surface area contributed by atoms with Gasteiger partial charge in [-0.1, -0.05) is 24.3 Å². The second kappa shape index (κ2) is 13.9. The van der Waals surface area contributed by atoms with Crippen molar-refractivity contribution < 1.29 is 9.18 Å². The Morgan fingerprint density at radius 1 is 1.14 bits per heavy atom. The molecule has 0 saturated heterocycles. The first-order chi connectivity index (χ1) is 13.6. The van der Waals surface area contributed by atoms with Crippen molar-refractivity contribution in [2.45, 2.75) is 19.8 Å². The van der Waals surface area contributed by atoms with Crippen LogP contribution in [0.2, 0.25) is 0 Å². The fraction of sp³-hybridized carbons (Fsp3) is 0.381. The number of hydrogen-bond acceptors (Lipinski definition) is 3. The molecule has 29 heavy (non-hydrogen) atoms. The van der Waals surface area contributed by atoms with Crippen LogP contribution in [0.1, 0.15) is 18.2 Å². The van der Waals surface area contributed by atoms with Crippen LogP contribution in [-0.2, 0) is 17.6 Å². The van der Waals surface area contributed by atoms with E-state index in [0.29, 0.717) is 44.0 Å². The van der Waals surface area contributed by atoms with E-state index in [1.54, 1.807) is 30.3 Å². The number of guanidine groups is 1. The quantitative estimate of drug-likeness (QED) is 0.308. The Labute approximate surface area is 189 Å². The van der Waals surface area contributed by atoms with Gasteiger partial charge in [-0.05, 0) is 37.1 Å². The molecule has 1 amide bonds. The Bertz CT molecular complexity index is 773. The topological polar surface area (TPSA) is 69.6 Å². The first-order valence-electron chi connectivity index (χ1n) is 9.49. The van der Waals surface area contributed by atoms with Crippen molar-refractivity contribution in [3.63, 3.8) is 0 Å². The maximum absolute atomic E-state index is 13.7. The number of rotatable bonds is 9. The lowest BCUT2D eigenvalue weighted by Crippen LogP contribution is -2.39. The molecule has 1 heterocycles. The minimum atomic E-state index is -0.212. The summed E-state index contributed by atoms with van der Waals surface area (Å²) in [5.41, 5.74) is 1.60. The van der Waals surface area contributed by atoms with Crippen LogP contribution in [-0.4, -0.2) is 55.0 Å². The molecule has 8 heteroatoms. The number of amides is 1. The fourth-order valence-corrected chi connectivity index (χ4v) is 2.58. The summed E-state index contributed by atoms with van der Waals surface area (Å²) in [6, 6.07) is 12.5. The SMILES string of the molecule is CCNC(=NCC(=O)N(C)CCc1ccccn1)NCCc1ccccc1F.I. The smallest absolute Gasteiger partial charge is 0.244 e. The minimum Gasteiger partial charge on any atom is -0.357 e. The van der Waals surface area contributed by atoms with Gasteiger partial charge < -0.3 is 15.5 Å². The molecule has 0 bridgehead atoms. The number of likely N-dealkylation sites (N-methyl/N-ethyl adjacent to an activating group) is 1. The van der Waals surface area contributed by atoms with Gasteiger partial charge in [-0.2, -0.15) is 0 Å². The zero-order chi connectivity index (χ0) is 20.2. The highest BCUT2D eigenvalue weighted by Crippen LogP contribution is 2.06. The Hall–Kier alpha value is -2.23. The number of halogens is 2. The summed E-state index contributed by atoms with van der Waals surface area (Å²) in [6.45, 7) is 3.79. The Balaban J connectivity index is 0.00000420. The van der Waals surface area contributed by atoms with Gasteiger partial charge in [0.15, 0.2) is 5.96 Å². The van der Waals surface area contributed by atoms with E-state index in [2.05, 4.69) is 20.6 Å². The lowest BCUT2D eigenvalue weighted by Gasteiger charge is -2.16. The van der Waals surface area contributed by atoms with Crippen molar-refractivity contribution >= 4 is 35.8 Å². The number of carbonyl (C=O) groups is 1. The van der Waals surface area contributed by atoms with Crippen molar-refractivity contribution in [2.75, 3.05) is 33.2 Å². The van der Waals surface area contributed by atoms with Crippen molar-refractivity contribution in [3.8, 4) is 0 Å². The maximum Gasteiger partial charge on any atom is 0.244 e. The Morgan fingerprint density at radius 3 is 2.59 bits per heavy atom. The molecule has 0 aliphatic rings. The van der Waals surface area contributed by atoms with Gasteiger partial charge in [0.1, 0.15) is 12.4 Å². The van der Waals surface area contributed by atoms with E-state index in [-0.39, 0.29) is 42.2 Å². The molecule has 0 radical (unpaired) electrons. The van der Waals surface area contributed by atoms with Crippen molar-refractivity contribution in [3.05, 3.63) is 65.7 Å². The molecule has 1 aromatic carbocycles. The monoisotopic (exact) mass is 513 g/mol. The van der Waals surface area contributed by atoms with E-state index in [4.69, 9.17) is 0 Å². The lowest BCUT2D eigenvalue weighted by molar-refractivity contribution is -0.128. The minimum absolute atomic E-state index is 0. The number of carbonyl (C=O) groups excluding carboxylic acids is 1. The number of nitrogens with zero attached hydrogens (tertiary/aromatic N) is 3. The molecular formula is C21H29FIN5O. The number of benzene rings is 1. The van der Waals surface area contributed by atoms with Crippen molar-refractivity contribution in [1.82, 2.24) is 20.5 Å². The number of hydrogen-bond donors (Lipinski definition) is 2. The Kier molecular flexibility index (Phi) is 11.9. The summed E-state index contributed by atoms with van der Waals surface area (Å²) >= 11 is 0. The van der Waals surface area contributed by atoms with E-state index < -0.39 is 0 Å². The maximum atomic E-state index is 13.7. The zero-order valence-corrected chi connectivity index (χ0v) is 19.2. The van der Waals surface area contributed by atoms with Crippen LogP contribution in [0.3, 0.4) is 0 Å². The molecule has 0 saturated carbocycles. The largest absolute Gasteiger partial charge is 0.357 e. The van der Waals surface area contributed by atoms with Crippen molar-refractivity contribution in [2.24, 2.45) is 4.99 Å². The van der Waals surface area contributed by atoms with Gasteiger partial charge in [0.25, 0.3) is 0 Å². The summed E-state index contributed by atoms with van der Waals surface area (Å²) < 4.78 is 13.7. The van der Waals surface area contributed by atoms with Crippen LogP contribution in [0.5, 0.6) is 0 Å². The van der Waals surface area contributed by atoms with Gasteiger partial charge in [-0.3, -0.25) is 9.78 Å². The molecule has 2 aromatic rings. The summed E-state index contributed by atoms with van der Waals surface area (Å²) in [5, 5.41) is 6.24. The van der Waals surface area contributed by atoms with E-state index in [1.165, 1.54) is 6.07 Å².